The van der Waals surface area contributed by atoms with Gasteiger partial charge in [0.15, 0.2) is 0 Å². The van der Waals surface area contributed by atoms with E-state index in [0.29, 0.717) is 13.0 Å². The van der Waals surface area contributed by atoms with E-state index in [1.54, 1.807) is 7.11 Å². The summed E-state index contributed by atoms with van der Waals surface area (Å²) in [5, 5.41) is 7.44. The number of nitrogens with two attached hydrogens (primary N) is 1. The molecule has 0 heterocycles. The maximum Gasteiger partial charge on any atom is 0.119 e. The summed E-state index contributed by atoms with van der Waals surface area (Å²) in [4.78, 5) is 0. The van der Waals surface area contributed by atoms with Crippen molar-refractivity contribution in [1.29, 1.82) is 5.41 Å². The van der Waals surface area contributed by atoms with E-state index in [2.05, 4.69) is 0 Å². The summed E-state index contributed by atoms with van der Waals surface area (Å²) >= 11 is 0. The first-order valence-corrected chi connectivity index (χ1v) is 5.57. The molecule has 17 heavy (non-hydrogen) atoms. The van der Waals surface area contributed by atoms with Crippen LogP contribution in [0.3, 0.4) is 0 Å². The Labute approximate surface area is 102 Å². The van der Waals surface area contributed by atoms with Gasteiger partial charge in [0.25, 0.3) is 0 Å². The molecule has 3 N–H and O–H groups in total. The van der Waals surface area contributed by atoms with E-state index in [9.17, 15) is 0 Å². The molecule has 0 amide bonds. The van der Waals surface area contributed by atoms with Gasteiger partial charge >= 0.3 is 0 Å². The van der Waals surface area contributed by atoms with E-state index in [1.807, 2.05) is 38.1 Å². The molecule has 94 valence electrons. The molecule has 0 saturated heterocycles. The number of hydrogen-bond donors (Lipinski definition) is 2. The van der Waals surface area contributed by atoms with Crippen LogP contribution in [0.1, 0.15) is 20.3 Å². The Morgan fingerprint density at radius 3 is 2.24 bits per heavy atom. The van der Waals surface area contributed by atoms with Crippen molar-refractivity contribution in [2.24, 2.45) is 11.1 Å². The number of rotatable bonds is 6. The highest BCUT2D eigenvalue weighted by Crippen LogP contribution is 2.21. The van der Waals surface area contributed by atoms with Crippen LogP contribution in [0.5, 0.6) is 11.5 Å². The second-order valence-corrected chi connectivity index (χ2v) is 4.57. The molecule has 1 rings (SSSR count). The minimum atomic E-state index is -0.313. The topological polar surface area (TPSA) is 68.3 Å². The highest BCUT2D eigenvalue weighted by atomic mass is 16.5. The first-order valence-electron chi connectivity index (χ1n) is 5.57. The van der Waals surface area contributed by atoms with Crippen molar-refractivity contribution < 1.29 is 9.47 Å². The van der Waals surface area contributed by atoms with E-state index in [1.165, 1.54) is 0 Å². The van der Waals surface area contributed by atoms with Gasteiger partial charge in [-0.1, -0.05) is 13.8 Å². The van der Waals surface area contributed by atoms with Gasteiger partial charge in [-0.3, -0.25) is 5.41 Å². The lowest BCUT2D eigenvalue weighted by Crippen LogP contribution is -2.32. The Bertz CT molecular complexity index is 372. The van der Waals surface area contributed by atoms with Gasteiger partial charge in [-0.25, -0.2) is 0 Å². The van der Waals surface area contributed by atoms with Crippen LogP contribution < -0.4 is 15.2 Å². The Kier molecular flexibility index (Phi) is 4.37. The smallest absolute Gasteiger partial charge is 0.119 e. The van der Waals surface area contributed by atoms with E-state index < -0.39 is 0 Å². The van der Waals surface area contributed by atoms with Crippen molar-refractivity contribution in [2.75, 3.05) is 13.7 Å². The zero-order valence-electron chi connectivity index (χ0n) is 10.6. The van der Waals surface area contributed by atoms with Crippen LogP contribution in [0.2, 0.25) is 0 Å². The lowest BCUT2D eigenvalue weighted by molar-refractivity contribution is 0.268. The summed E-state index contributed by atoms with van der Waals surface area (Å²) < 4.78 is 10.6. The summed E-state index contributed by atoms with van der Waals surface area (Å²) in [6.45, 7) is 4.42. The molecule has 0 aromatic heterocycles. The van der Waals surface area contributed by atoms with Crippen LogP contribution in [0.15, 0.2) is 24.3 Å². The summed E-state index contributed by atoms with van der Waals surface area (Å²) in [5.41, 5.74) is 5.19. The van der Waals surface area contributed by atoms with Crippen LogP contribution in [0.4, 0.5) is 0 Å². The third-order valence-corrected chi connectivity index (χ3v) is 2.78. The van der Waals surface area contributed by atoms with E-state index in [0.717, 1.165) is 11.5 Å². The van der Waals surface area contributed by atoms with Crippen molar-refractivity contribution >= 4 is 5.84 Å². The van der Waals surface area contributed by atoms with Gasteiger partial charge < -0.3 is 15.2 Å². The quantitative estimate of drug-likeness (QED) is 0.588. The van der Waals surface area contributed by atoms with Crippen molar-refractivity contribution in [3.8, 4) is 11.5 Å². The van der Waals surface area contributed by atoms with Crippen molar-refractivity contribution in [3.63, 3.8) is 0 Å². The molecular formula is C13H20N2O2. The molecule has 0 unspecified atom stereocenters. The minimum Gasteiger partial charge on any atom is -0.497 e. The standard InChI is InChI=1S/C13H20N2O2/c1-13(2,12(14)15)8-9-17-11-6-4-10(16-3)5-7-11/h4-7H,8-9H2,1-3H3,(H3,14,15). The third-order valence-electron chi connectivity index (χ3n) is 2.78. The van der Waals surface area contributed by atoms with Gasteiger partial charge in [0.1, 0.15) is 11.5 Å². The molecule has 1 aromatic carbocycles. The Morgan fingerprint density at radius 1 is 1.24 bits per heavy atom. The van der Waals surface area contributed by atoms with Gasteiger partial charge in [0, 0.05) is 5.41 Å². The third kappa shape index (κ3) is 3.98. The Hall–Kier alpha value is -1.71. The molecular weight excluding hydrogens is 216 g/mol. The molecule has 0 radical (unpaired) electrons. The number of benzene rings is 1. The molecule has 0 saturated carbocycles. The summed E-state index contributed by atoms with van der Waals surface area (Å²) in [6, 6.07) is 7.43. The molecule has 0 fully saturated rings. The fourth-order valence-electron chi connectivity index (χ4n) is 1.23. The normalized spacial score (nSPS) is 11.0. The second kappa shape index (κ2) is 5.57. The first kappa shape index (κ1) is 13.4. The average Bonchev–Trinajstić information content (AvgIpc) is 2.29. The number of ether oxygens (including phenoxy) is 2. The van der Waals surface area contributed by atoms with Crippen LogP contribution in [0.25, 0.3) is 0 Å². The molecule has 1 aromatic rings. The Morgan fingerprint density at radius 2 is 1.76 bits per heavy atom. The summed E-state index contributed by atoms with van der Waals surface area (Å²) in [5.74, 6) is 1.79. The first-order chi connectivity index (χ1) is 7.95. The van der Waals surface area contributed by atoms with Gasteiger partial charge in [-0.05, 0) is 30.7 Å². The van der Waals surface area contributed by atoms with Crippen LogP contribution in [-0.4, -0.2) is 19.6 Å². The van der Waals surface area contributed by atoms with Crippen molar-refractivity contribution in [3.05, 3.63) is 24.3 Å². The zero-order valence-corrected chi connectivity index (χ0v) is 10.6. The highest BCUT2D eigenvalue weighted by molar-refractivity contribution is 5.82. The second-order valence-electron chi connectivity index (χ2n) is 4.57. The minimum absolute atomic E-state index is 0.191. The van der Waals surface area contributed by atoms with E-state index in [4.69, 9.17) is 20.6 Å². The van der Waals surface area contributed by atoms with Gasteiger partial charge in [-0.15, -0.1) is 0 Å². The number of amidine groups is 1. The van der Waals surface area contributed by atoms with E-state index >= 15 is 0 Å². The molecule has 0 aliphatic rings. The van der Waals surface area contributed by atoms with Gasteiger partial charge in [0.05, 0.1) is 19.6 Å². The lowest BCUT2D eigenvalue weighted by atomic mass is 9.88. The van der Waals surface area contributed by atoms with Crippen molar-refractivity contribution in [2.45, 2.75) is 20.3 Å². The maximum absolute atomic E-state index is 7.44. The molecule has 0 aliphatic heterocycles. The molecule has 0 bridgehead atoms. The van der Waals surface area contributed by atoms with Crippen LogP contribution in [-0.2, 0) is 0 Å². The summed E-state index contributed by atoms with van der Waals surface area (Å²) in [6.07, 6.45) is 0.717. The van der Waals surface area contributed by atoms with Crippen LogP contribution in [0, 0.1) is 10.8 Å². The fourth-order valence-corrected chi connectivity index (χ4v) is 1.23. The SMILES string of the molecule is COc1ccc(OCCC(C)(C)C(=N)N)cc1. The zero-order chi connectivity index (χ0) is 12.9. The molecule has 0 atom stereocenters. The average molecular weight is 236 g/mol. The largest absolute Gasteiger partial charge is 0.497 e. The predicted octanol–water partition coefficient (Wildman–Crippen LogP) is 2.43. The lowest BCUT2D eigenvalue weighted by Gasteiger charge is -2.22. The number of nitrogens with one attached hydrogen (secondary N) is 1. The summed E-state index contributed by atoms with van der Waals surface area (Å²) in [7, 11) is 1.63. The van der Waals surface area contributed by atoms with Gasteiger partial charge in [0.2, 0.25) is 0 Å². The fraction of sp³-hybridized carbons (Fsp3) is 0.462. The van der Waals surface area contributed by atoms with Crippen molar-refractivity contribution in [1.82, 2.24) is 0 Å². The monoisotopic (exact) mass is 236 g/mol. The predicted molar refractivity (Wildman–Crippen MR) is 68.8 cm³/mol. The molecule has 4 nitrogen and oxygen atoms in total. The van der Waals surface area contributed by atoms with Crippen LogP contribution >= 0.6 is 0 Å². The number of hydrogen-bond acceptors (Lipinski definition) is 3. The molecule has 4 heteroatoms. The highest BCUT2D eigenvalue weighted by Gasteiger charge is 2.21. The molecule has 0 spiro atoms. The maximum atomic E-state index is 7.44. The number of methoxy groups -OCH3 is 1. The van der Waals surface area contributed by atoms with Gasteiger partial charge in [-0.2, -0.15) is 0 Å². The molecule has 0 aliphatic carbocycles. The van der Waals surface area contributed by atoms with E-state index in [-0.39, 0.29) is 11.3 Å². The Balaban J connectivity index is 2.43.